The van der Waals surface area contributed by atoms with E-state index in [4.69, 9.17) is 0 Å². The zero-order valence-electron chi connectivity index (χ0n) is 13.7. The van der Waals surface area contributed by atoms with Gasteiger partial charge in [0.1, 0.15) is 6.04 Å². The van der Waals surface area contributed by atoms with E-state index in [1.54, 1.807) is 4.90 Å². The smallest absolute Gasteiger partial charge is 0.247 e. The van der Waals surface area contributed by atoms with Crippen LogP contribution in [0.5, 0.6) is 0 Å². The average molecular weight is 387 g/mol. The molecule has 5 heteroatoms. The van der Waals surface area contributed by atoms with Crippen molar-refractivity contribution in [3.63, 3.8) is 0 Å². The van der Waals surface area contributed by atoms with E-state index in [1.807, 2.05) is 56.3 Å². The van der Waals surface area contributed by atoms with Gasteiger partial charge in [0, 0.05) is 22.3 Å². The largest absolute Gasteiger partial charge is 0.324 e. The van der Waals surface area contributed by atoms with Gasteiger partial charge >= 0.3 is 0 Å². The summed E-state index contributed by atoms with van der Waals surface area (Å²) in [5, 5.41) is 2.92. The van der Waals surface area contributed by atoms with Gasteiger partial charge < -0.3 is 5.32 Å². The first-order chi connectivity index (χ1) is 11.5. The number of rotatable bonds is 3. The van der Waals surface area contributed by atoms with Gasteiger partial charge in [-0.25, -0.2) is 0 Å². The van der Waals surface area contributed by atoms with Gasteiger partial charge in [-0.3, -0.25) is 14.5 Å². The molecule has 0 saturated carbocycles. The van der Waals surface area contributed by atoms with Gasteiger partial charge in [0.2, 0.25) is 11.8 Å². The predicted molar refractivity (Wildman–Crippen MR) is 99.2 cm³/mol. The van der Waals surface area contributed by atoms with Crippen LogP contribution in [0.3, 0.4) is 0 Å². The van der Waals surface area contributed by atoms with Crippen molar-refractivity contribution in [3.8, 4) is 0 Å². The first-order valence-corrected chi connectivity index (χ1v) is 8.71. The van der Waals surface area contributed by atoms with Crippen LogP contribution in [0, 0.1) is 13.8 Å². The second-order valence-corrected chi connectivity index (χ2v) is 6.96. The minimum atomic E-state index is -0.472. The molecule has 24 heavy (non-hydrogen) atoms. The third-order valence-corrected chi connectivity index (χ3v) is 5.12. The highest BCUT2D eigenvalue weighted by Gasteiger charge is 2.37. The molecule has 0 aliphatic carbocycles. The van der Waals surface area contributed by atoms with Crippen molar-refractivity contribution in [2.45, 2.75) is 32.7 Å². The molecule has 0 radical (unpaired) electrons. The normalized spacial score (nSPS) is 17.2. The molecule has 4 nitrogen and oxygen atoms in total. The summed E-state index contributed by atoms with van der Waals surface area (Å²) in [5.74, 6) is -0.165. The zero-order chi connectivity index (χ0) is 17.3. The van der Waals surface area contributed by atoms with Gasteiger partial charge in [0.25, 0.3) is 0 Å². The second-order valence-electron chi connectivity index (χ2n) is 6.11. The van der Waals surface area contributed by atoms with E-state index < -0.39 is 6.04 Å². The molecule has 2 aromatic carbocycles. The molecule has 3 rings (SSSR count). The highest BCUT2D eigenvalue weighted by Crippen LogP contribution is 2.28. The van der Waals surface area contributed by atoms with Gasteiger partial charge in [0.05, 0.1) is 0 Å². The molecule has 1 atom stereocenters. The van der Waals surface area contributed by atoms with Crippen LogP contribution < -0.4 is 10.2 Å². The Bertz CT molecular complexity index is 786. The van der Waals surface area contributed by atoms with Crippen LogP contribution in [-0.2, 0) is 9.59 Å². The Kier molecular flexibility index (Phi) is 4.71. The van der Waals surface area contributed by atoms with Crippen LogP contribution in [-0.4, -0.2) is 17.9 Å². The lowest BCUT2D eigenvalue weighted by atomic mass is 10.1. The Morgan fingerprint density at radius 2 is 1.88 bits per heavy atom. The Morgan fingerprint density at radius 3 is 2.54 bits per heavy atom. The molecule has 2 amide bonds. The summed E-state index contributed by atoms with van der Waals surface area (Å²) in [6.45, 7) is 3.99. The van der Waals surface area contributed by atoms with Crippen molar-refractivity contribution in [2.24, 2.45) is 0 Å². The molecule has 0 aromatic heterocycles. The molecular weight excluding hydrogens is 368 g/mol. The van der Waals surface area contributed by atoms with E-state index >= 15 is 0 Å². The SMILES string of the molecule is Cc1ccc(N2C(=O)CCC2C(=O)Nc2ccc(C)c(Br)c2)cc1. The number of amides is 2. The fourth-order valence-corrected chi connectivity index (χ4v) is 3.24. The summed E-state index contributed by atoms with van der Waals surface area (Å²) in [4.78, 5) is 26.6. The fourth-order valence-electron chi connectivity index (χ4n) is 2.86. The topological polar surface area (TPSA) is 49.4 Å². The summed E-state index contributed by atoms with van der Waals surface area (Å²) in [6.07, 6.45) is 0.926. The van der Waals surface area contributed by atoms with E-state index in [9.17, 15) is 9.59 Å². The number of carbonyl (C=O) groups excluding carboxylic acids is 2. The molecule has 1 aliphatic rings. The van der Waals surface area contributed by atoms with Gasteiger partial charge in [-0.05, 0) is 50.1 Å². The van der Waals surface area contributed by atoms with Crippen LogP contribution in [0.2, 0.25) is 0 Å². The van der Waals surface area contributed by atoms with Gasteiger partial charge in [-0.1, -0.05) is 39.7 Å². The van der Waals surface area contributed by atoms with Crippen LogP contribution in [0.4, 0.5) is 11.4 Å². The molecule has 2 aromatic rings. The second kappa shape index (κ2) is 6.77. The minimum Gasteiger partial charge on any atom is -0.324 e. The molecule has 1 heterocycles. The molecule has 0 spiro atoms. The highest BCUT2D eigenvalue weighted by molar-refractivity contribution is 9.10. The van der Waals surface area contributed by atoms with Crippen molar-refractivity contribution in [2.75, 3.05) is 10.2 Å². The monoisotopic (exact) mass is 386 g/mol. The number of benzene rings is 2. The van der Waals surface area contributed by atoms with E-state index in [0.29, 0.717) is 12.8 Å². The van der Waals surface area contributed by atoms with Gasteiger partial charge in [0.15, 0.2) is 0 Å². The number of carbonyl (C=O) groups is 2. The van der Waals surface area contributed by atoms with Gasteiger partial charge in [-0.15, -0.1) is 0 Å². The van der Waals surface area contributed by atoms with Crippen LogP contribution in [0.1, 0.15) is 24.0 Å². The quantitative estimate of drug-likeness (QED) is 0.858. The van der Waals surface area contributed by atoms with E-state index in [-0.39, 0.29) is 11.8 Å². The number of anilines is 2. The zero-order valence-corrected chi connectivity index (χ0v) is 15.3. The summed E-state index contributed by atoms with van der Waals surface area (Å²) in [7, 11) is 0. The van der Waals surface area contributed by atoms with Crippen molar-refractivity contribution in [3.05, 3.63) is 58.1 Å². The number of nitrogens with zero attached hydrogens (tertiary/aromatic N) is 1. The minimum absolute atomic E-state index is 0.0101. The lowest BCUT2D eigenvalue weighted by Crippen LogP contribution is -2.41. The molecule has 1 N–H and O–H groups in total. The maximum absolute atomic E-state index is 12.7. The Hall–Kier alpha value is -2.14. The Morgan fingerprint density at radius 1 is 1.17 bits per heavy atom. The number of hydrogen-bond acceptors (Lipinski definition) is 2. The molecule has 1 unspecified atom stereocenters. The average Bonchev–Trinajstić information content (AvgIpc) is 2.93. The third kappa shape index (κ3) is 3.36. The first kappa shape index (κ1) is 16.7. The number of aryl methyl sites for hydroxylation is 2. The third-order valence-electron chi connectivity index (χ3n) is 4.27. The molecular formula is C19H19BrN2O2. The lowest BCUT2D eigenvalue weighted by molar-refractivity contribution is -0.120. The Balaban J connectivity index is 1.81. The summed E-state index contributed by atoms with van der Waals surface area (Å²) >= 11 is 3.47. The molecule has 1 saturated heterocycles. The molecule has 0 bridgehead atoms. The molecule has 1 fully saturated rings. The van der Waals surface area contributed by atoms with Crippen molar-refractivity contribution < 1.29 is 9.59 Å². The van der Waals surface area contributed by atoms with Crippen LogP contribution in [0.25, 0.3) is 0 Å². The first-order valence-electron chi connectivity index (χ1n) is 7.91. The maximum Gasteiger partial charge on any atom is 0.247 e. The summed E-state index contributed by atoms with van der Waals surface area (Å²) in [5.41, 5.74) is 3.72. The van der Waals surface area contributed by atoms with Crippen LogP contribution in [0.15, 0.2) is 46.9 Å². The molecule has 124 valence electrons. The number of nitrogens with one attached hydrogen (secondary N) is 1. The van der Waals surface area contributed by atoms with Crippen LogP contribution >= 0.6 is 15.9 Å². The Labute approximate surface area is 150 Å². The predicted octanol–water partition coefficient (Wildman–Crippen LogP) is 4.20. The molecule has 1 aliphatic heterocycles. The van der Waals surface area contributed by atoms with Crippen molar-refractivity contribution in [1.29, 1.82) is 0 Å². The number of hydrogen-bond donors (Lipinski definition) is 1. The van der Waals surface area contributed by atoms with Crippen molar-refractivity contribution in [1.82, 2.24) is 0 Å². The van der Waals surface area contributed by atoms with Crippen molar-refractivity contribution >= 4 is 39.1 Å². The highest BCUT2D eigenvalue weighted by atomic mass is 79.9. The van der Waals surface area contributed by atoms with Gasteiger partial charge in [-0.2, -0.15) is 0 Å². The number of halogens is 1. The summed E-state index contributed by atoms with van der Waals surface area (Å²) in [6, 6.07) is 12.9. The standard InChI is InChI=1S/C19H19BrN2O2/c1-12-3-7-15(8-4-12)22-17(9-10-18(22)23)19(24)21-14-6-5-13(2)16(20)11-14/h3-8,11,17H,9-10H2,1-2H3,(H,21,24). The lowest BCUT2D eigenvalue weighted by Gasteiger charge is -2.24. The summed E-state index contributed by atoms with van der Waals surface area (Å²) < 4.78 is 0.943. The fraction of sp³-hybridized carbons (Fsp3) is 0.263. The van der Waals surface area contributed by atoms with E-state index in [0.717, 1.165) is 27.0 Å². The van der Waals surface area contributed by atoms with E-state index in [1.165, 1.54) is 0 Å². The van der Waals surface area contributed by atoms with E-state index in [2.05, 4.69) is 21.2 Å². The maximum atomic E-state index is 12.7.